The molecule has 9 nitrogen and oxygen atoms in total. The van der Waals surface area contributed by atoms with Gasteiger partial charge in [-0.05, 0) is 6.92 Å². The second kappa shape index (κ2) is 13.6. The van der Waals surface area contributed by atoms with Crippen molar-refractivity contribution in [2.24, 2.45) is 0 Å². The minimum Gasteiger partial charge on any atom is -0.466 e. The quantitative estimate of drug-likeness (QED) is 0.183. The topological polar surface area (TPSA) is 109 Å². The van der Waals surface area contributed by atoms with E-state index < -0.39 is 20.7 Å². The van der Waals surface area contributed by atoms with Gasteiger partial charge in [-0.2, -0.15) is 0 Å². The first-order valence-electron chi connectivity index (χ1n) is 8.16. The van der Waals surface area contributed by atoms with E-state index in [2.05, 4.69) is 11.9 Å². The molecule has 0 aliphatic carbocycles. The highest BCUT2D eigenvalue weighted by molar-refractivity contribution is 6.60. The number of hydrogen-bond donors (Lipinski definition) is 1. The molecule has 0 fully saturated rings. The van der Waals surface area contributed by atoms with E-state index in [4.69, 9.17) is 22.8 Å². The molecule has 0 aliphatic rings. The molecule has 0 heterocycles. The van der Waals surface area contributed by atoms with Crippen LogP contribution in [0.25, 0.3) is 0 Å². The third-order valence-electron chi connectivity index (χ3n) is 3.34. The molecule has 150 valence electrons. The van der Waals surface area contributed by atoms with E-state index in [-0.39, 0.29) is 44.6 Å². The molecule has 0 rings (SSSR count). The Labute approximate surface area is 155 Å². The summed E-state index contributed by atoms with van der Waals surface area (Å²) in [6, 6.07) is 0. The number of ether oxygens (including phenoxy) is 2. The average Bonchev–Trinajstić information content (AvgIpc) is 2.63. The molecular formula is C16H29NO8Si. The summed E-state index contributed by atoms with van der Waals surface area (Å²) in [4.78, 5) is 34.5. The maximum absolute atomic E-state index is 11.8. The van der Waals surface area contributed by atoms with E-state index in [0.717, 1.165) is 0 Å². The fourth-order valence-electron chi connectivity index (χ4n) is 1.76. The zero-order valence-corrected chi connectivity index (χ0v) is 16.9. The van der Waals surface area contributed by atoms with E-state index in [1.807, 2.05) is 0 Å². The van der Waals surface area contributed by atoms with Gasteiger partial charge in [-0.25, -0.2) is 4.79 Å². The minimum atomic E-state index is -2.77. The molecule has 0 bridgehead atoms. The van der Waals surface area contributed by atoms with Crippen LogP contribution in [0, 0.1) is 0 Å². The van der Waals surface area contributed by atoms with Gasteiger partial charge in [-0.15, -0.1) is 0 Å². The Kier molecular flexibility index (Phi) is 12.8. The second-order valence-corrected chi connectivity index (χ2v) is 8.37. The Hall–Kier alpha value is -1.59. The van der Waals surface area contributed by atoms with E-state index >= 15 is 0 Å². The van der Waals surface area contributed by atoms with Gasteiger partial charge >= 0.3 is 20.7 Å². The fraction of sp³-hybridized carbons (Fsp3) is 0.688. The monoisotopic (exact) mass is 391 g/mol. The number of ketones is 1. The predicted molar refractivity (Wildman–Crippen MR) is 95.2 cm³/mol. The highest BCUT2D eigenvalue weighted by atomic mass is 28.4. The van der Waals surface area contributed by atoms with Gasteiger partial charge < -0.3 is 28.1 Å². The van der Waals surface area contributed by atoms with Crippen molar-refractivity contribution in [3.8, 4) is 0 Å². The van der Waals surface area contributed by atoms with E-state index in [1.54, 1.807) is 6.92 Å². The minimum absolute atomic E-state index is 0.00648. The summed E-state index contributed by atoms with van der Waals surface area (Å²) in [6.45, 7) is 5.35. The third-order valence-corrected chi connectivity index (χ3v) is 5.89. The summed E-state index contributed by atoms with van der Waals surface area (Å²) in [5.74, 6) is -1.08. The van der Waals surface area contributed by atoms with Crippen LogP contribution in [0.4, 0.5) is 0 Å². The Balaban J connectivity index is 3.81. The Morgan fingerprint density at radius 1 is 0.962 bits per heavy atom. The van der Waals surface area contributed by atoms with Crippen molar-refractivity contribution in [2.75, 3.05) is 47.3 Å². The predicted octanol–water partition coefficient (Wildman–Crippen LogP) is 0.395. The normalized spacial score (nSPS) is 11.1. The Morgan fingerprint density at radius 2 is 1.54 bits per heavy atom. The molecule has 0 aromatic rings. The van der Waals surface area contributed by atoms with Crippen molar-refractivity contribution in [1.82, 2.24) is 5.32 Å². The Morgan fingerprint density at radius 3 is 2.08 bits per heavy atom. The molecule has 26 heavy (non-hydrogen) atoms. The molecule has 0 spiro atoms. The lowest BCUT2D eigenvalue weighted by molar-refractivity contribution is -0.145. The van der Waals surface area contributed by atoms with Gasteiger partial charge in [-0.1, -0.05) is 6.58 Å². The van der Waals surface area contributed by atoms with Crippen LogP contribution in [-0.2, 0) is 37.1 Å². The number of nitrogens with one attached hydrogen (secondary N) is 1. The second-order valence-electron chi connectivity index (χ2n) is 5.43. The van der Waals surface area contributed by atoms with Crippen LogP contribution in [0.3, 0.4) is 0 Å². The lowest BCUT2D eigenvalue weighted by atomic mass is 10.2. The summed E-state index contributed by atoms with van der Waals surface area (Å²) < 4.78 is 25.5. The Bertz CT molecular complexity index is 471. The SMILES string of the molecule is C=C(C)C(=O)OCCCOC(=O)CCC(=O)CNC[Si](OC)(OC)OC. The molecule has 0 atom stereocenters. The van der Waals surface area contributed by atoms with Crippen LogP contribution in [0.2, 0.25) is 0 Å². The fourth-order valence-corrected chi connectivity index (χ4v) is 3.12. The zero-order chi connectivity index (χ0) is 20.0. The van der Waals surface area contributed by atoms with Gasteiger partial charge in [0.05, 0.1) is 32.3 Å². The number of esters is 2. The number of hydrogen-bond acceptors (Lipinski definition) is 9. The highest BCUT2D eigenvalue weighted by Crippen LogP contribution is 2.04. The van der Waals surface area contributed by atoms with Crippen LogP contribution in [0.15, 0.2) is 12.2 Å². The average molecular weight is 391 g/mol. The molecule has 0 amide bonds. The maximum Gasteiger partial charge on any atom is 0.514 e. The van der Waals surface area contributed by atoms with Crippen molar-refractivity contribution in [3.05, 3.63) is 12.2 Å². The van der Waals surface area contributed by atoms with Crippen LogP contribution in [-0.4, -0.2) is 73.8 Å². The number of carbonyl (C=O) groups is 3. The van der Waals surface area contributed by atoms with Crippen molar-refractivity contribution in [3.63, 3.8) is 0 Å². The molecule has 0 saturated carbocycles. The molecule has 0 aliphatic heterocycles. The highest BCUT2D eigenvalue weighted by Gasteiger charge is 2.37. The van der Waals surface area contributed by atoms with Crippen LogP contribution in [0.5, 0.6) is 0 Å². The summed E-state index contributed by atoms with van der Waals surface area (Å²) >= 11 is 0. The first-order valence-corrected chi connectivity index (χ1v) is 10.1. The van der Waals surface area contributed by atoms with Gasteiger partial charge in [-0.3, -0.25) is 9.59 Å². The summed E-state index contributed by atoms with van der Waals surface area (Å²) in [6.07, 6.45) is 0.735. The summed E-state index contributed by atoms with van der Waals surface area (Å²) in [5.41, 5.74) is 0.315. The van der Waals surface area contributed by atoms with E-state index in [9.17, 15) is 14.4 Å². The van der Waals surface area contributed by atoms with Crippen LogP contribution < -0.4 is 5.32 Å². The van der Waals surface area contributed by atoms with E-state index in [1.165, 1.54) is 21.3 Å². The van der Waals surface area contributed by atoms with Crippen molar-refractivity contribution in [2.45, 2.75) is 26.2 Å². The first kappa shape index (κ1) is 24.4. The van der Waals surface area contributed by atoms with E-state index in [0.29, 0.717) is 12.0 Å². The molecular weight excluding hydrogens is 362 g/mol. The van der Waals surface area contributed by atoms with Gasteiger partial charge in [0, 0.05) is 39.7 Å². The number of Topliss-reactive ketones (excluding diaryl/α,β-unsaturated/α-hetero) is 1. The number of carbonyl (C=O) groups excluding carboxylic acids is 3. The zero-order valence-electron chi connectivity index (χ0n) is 15.9. The first-order chi connectivity index (χ1) is 12.3. The summed E-state index contributed by atoms with van der Waals surface area (Å²) in [7, 11) is 1.69. The maximum atomic E-state index is 11.8. The van der Waals surface area contributed by atoms with Gasteiger partial charge in [0.1, 0.15) is 5.78 Å². The number of rotatable bonds is 15. The molecule has 10 heteroatoms. The summed E-state index contributed by atoms with van der Waals surface area (Å²) in [5, 5.41) is 2.91. The van der Waals surface area contributed by atoms with Gasteiger partial charge in [0.2, 0.25) is 0 Å². The lowest BCUT2D eigenvalue weighted by Gasteiger charge is -2.24. The molecule has 0 saturated heterocycles. The molecule has 0 unspecified atom stereocenters. The largest absolute Gasteiger partial charge is 0.514 e. The third kappa shape index (κ3) is 10.4. The molecule has 0 aromatic heterocycles. The van der Waals surface area contributed by atoms with Crippen molar-refractivity contribution < 1.29 is 37.1 Å². The van der Waals surface area contributed by atoms with Crippen molar-refractivity contribution in [1.29, 1.82) is 0 Å². The standard InChI is InChI=1S/C16H29NO8Si/c1-13(2)16(20)25-10-6-9-24-15(19)8-7-14(18)11-17-12-26(21-3,22-4)23-5/h17H,1,6-12H2,2-5H3. The van der Waals surface area contributed by atoms with Gasteiger partial charge in [0.15, 0.2) is 0 Å². The van der Waals surface area contributed by atoms with Crippen LogP contribution in [0.1, 0.15) is 26.2 Å². The molecule has 0 radical (unpaired) electrons. The lowest BCUT2D eigenvalue weighted by Crippen LogP contribution is -2.52. The smallest absolute Gasteiger partial charge is 0.466 e. The van der Waals surface area contributed by atoms with Crippen LogP contribution >= 0.6 is 0 Å². The van der Waals surface area contributed by atoms with Gasteiger partial charge in [0.25, 0.3) is 0 Å². The van der Waals surface area contributed by atoms with Crippen molar-refractivity contribution >= 4 is 26.5 Å². The molecule has 1 N–H and O–H groups in total. The molecule has 0 aromatic carbocycles.